The van der Waals surface area contributed by atoms with Crippen molar-refractivity contribution in [2.24, 2.45) is 0 Å². The molecule has 27 heavy (non-hydrogen) atoms. The molecule has 0 fully saturated rings. The maximum Gasteiger partial charge on any atom is 0.257 e. The van der Waals surface area contributed by atoms with Gasteiger partial charge in [-0.25, -0.2) is 0 Å². The van der Waals surface area contributed by atoms with E-state index in [2.05, 4.69) is 17.6 Å². The molecule has 0 bridgehead atoms. The minimum Gasteiger partial charge on any atom is -0.494 e. The molecule has 6 nitrogen and oxygen atoms in total. The number of amides is 1. The Labute approximate surface area is 163 Å². The molecule has 142 valence electrons. The van der Waals surface area contributed by atoms with Gasteiger partial charge in [-0.05, 0) is 55.0 Å². The number of rotatable bonds is 6. The summed E-state index contributed by atoms with van der Waals surface area (Å²) in [6.07, 6.45) is 2.08. The van der Waals surface area contributed by atoms with Crippen LogP contribution in [0, 0.1) is 0 Å². The van der Waals surface area contributed by atoms with E-state index in [4.69, 9.17) is 26.4 Å². The number of unbranched alkanes of at least 4 members (excludes halogenated alkanes) is 1. The number of hydrogen-bond donors (Lipinski definition) is 2. The molecule has 1 aliphatic heterocycles. The van der Waals surface area contributed by atoms with Gasteiger partial charge in [0.2, 0.25) is 0 Å². The Bertz CT molecular complexity index is 808. The van der Waals surface area contributed by atoms with E-state index in [1.807, 2.05) is 6.07 Å². The van der Waals surface area contributed by atoms with Gasteiger partial charge in [0.05, 0.1) is 6.61 Å². The van der Waals surface area contributed by atoms with Gasteiger partial charge in [0, 0.05) is 17.3 Å². The Balaban J connectivity index is 1.53. The summed E-state index contributed by atoms with van der Waals surface area (Å²) in [5, 5.41) is 5.85. The maximum absolute atomic E-state index is 12.3. The molecule has 0 aromatic heterocycles. The average molecular weight is 386 g/mol. The number of fused-ring (bicyclic) bond motifs is 1. The first kappa shape index (κ1) is 19.0. The quantitative estimate of drug-likeness (QED) is 0.582. The number of benzene rings is 2. The van der Waals surface area contributed by atoms with Gasteiger partial charge in [-0.1, -0.05) is 13.3 Å². The second-order valence-corrected chi connectivity index (χ2v) is 6.40. The van der Waals surface area contributed by atoms with Gasteiger partial charge < -0.3 is 19.5 Å². The first-order valence-corrected chi connectivity index (χ1v) is 9.31. The van der Waals surface area contributed by atoms with Crippen LogP contribution in [0.1, 0.15) is 30.1 Å². The molecular weight excluding hydrogens is 364 g/mol. The average Bonchev–Trinajstić information content (AvgIpc) is 2.68. The lowest BCUT2D eigenvalue weighted by Gasteiger charge is -2.19. The first-order valence-electron chi connectivity index (χ1n) is 8.90. The van der Waals surface area contributed by atoms with Crippen molar-refractivity contribution in [2.75, 3.05) is 25.1 Å². The van der Waals surface area contributed by atoms with Crippen molar-refractivity contribution in [1.29, 1.82) is 0 Å². The van der Waals surface area contributed by atoms with Gasteiger partial charge in [-0.3, -0.25) is 10.1 Å². The molecule has 0 saturated heterocycles. The van der Waals surface area contributed by atoms with E-state index in [9.17, 15) is 4.79 Å². The largest absolute Gasteiger partial charge is 0.494 e. The fraction of sp³-hybridized carbons (Fsp3) is 0.300. The van der Waals surface area contributed by atoms with E-state index in [-0.39, 0.29) is 11.0 Å². The zero-order chi connectivity index (χ0) is 19.1. The third-order valence-electron chi connectivity index (χ3n) is 3.91. The van der Waals surface area contributed by atoms with Crippen molar-refractivity contribution in [2.45, 2.75) is 19.8 Å². The van der Waals surface area contributed by atoms with Crippen molar-refractivity contribution in [3.63, 3.8) is 0 Å². The molecule has 7 heteroatoms. The molecular formula is C20H22N2O4S. The summed E-state index contributed by atoms with van der Waals surface area (Å²) in [4.78, 5) is 12.3. The lowest BCUT2D eigenvalue weighted by atomic mass is 10.2. The minimum absolute atomic E-state index is 0.208. The summed E-state index contributed by atoms with van der Waals surface area (Å²) in [7, 11) is 0. The molecule has 0 saturated carbocycles. The number of carbonyl (C=O) groups is 1. The Morgan fingerprint density at radius 1 is 1.11 bits per heavy atom. The SMILES string of the molecule is CCCCOc1ccc(C(=O)NC(=S)Nc2ccc3c(c2)OCCO3)cc1. The van der Waals surface area contributed by atoms with E-state index in [0.29, 0.717) is 42.6 Å². The third-order valence-corrected chi connectivity index (χ3v) is 4.11. The van der Waals surface area contributed by atoms with Gasteiger partial charge >= 0.3 is 0 Å². The lowest BCUT2D eigenvalue weighted by Crippen LogP contribution is -2.34. The molecule has 1 amide bonds. The monoisotopic (exact) mass is 386 g/mol. The van der Waals surface area contributed by atoms with Gasteiger partial charge in [-0.15, -0.1) is 0 Å². The Hall–Kier alpha value is -2.80. The second-order valence-electron chi connectivity index (χ2n) is 5.99. The zero-order valence-corrected chi connectivity index (χ0v) is 15.9. The van der Waals surface area contributed by atoms with Crippen LogP contribution in [0.3, 0.4) is 0 Å². The summed E-state index contributed by atoms with van der Waals surface area (Å²) >= 11 is 5.22. The van der Waals surface area contributed by atoms with Crippen LogP contribution in [0.5, 0.6) is 17.2 Å². The number of anilines is 1. The van der Waals surface area contributed by atoms with Crippen molar-refractivity contribution in [3.8, 4) is 17.2 Å². The summed E-state index contributed by atoms with van der Waals surface area (Å²) in [5.74, 6) is 1.81. The van der Waals surface area contributed by atoms with Gasteiger partial charge in [0.15, 0.2) is 16.6 Å². The van der Waals surface area contributed by atoms with E-state index in [1.54, 1.807) is 36.4 Å². The number of hydrogen-bond acceptors (Lipinski definition) is 5. The highest BCUT2D eigenvalue weighted by molar-refractivity contribution is 7.80. The third kappa shape index (κ3) is 5.34. The fourth-order valence-electron chi connectivity index (χ4n) is 2.50. The molecule has 3 rings (SSSR count). The van der Waals surface area contributed by atoms with Crippen molar-refractivity contribution >= 4 is 28.9 Å². The van der Waals surface area contributed by atoms with Crippen LogP contribution in [-0.4, -0.2) is 30.8 Å². The molecule has 2 aromatic carbocycles. The highest BCUT2D eigenvalue weighted by Gasteiger charge is 2.13. The molecule has 0 unspecified atom stereocenters. The Morgan fingerprint density at radius 2 is 1.85 bits per heavy atom. The molecule has 0 spiro atoms. The van der Waals surface area contributed by atoms with Crippen LogP contribution in [0.15, 0.2) is 42.5 Å². The zero-order valence-electron chi connectivity index (χ0n) is 15.1. The van der Waals surface area contributed by atoms with Crippen molar-refractivity contribution < 1.29 is 19.0 Å². The maximum atomic E-state index is 12.3. The van der Waals surface area contributed by atoms with Crippen LogP contribution in [0.2, 0.25) is 0 Å². The minimum atomic E-state index is -0.287. The summed E-state index contributed by atoms with van der Waals surface area (Å²) in [5.41, 5.74) is 1.22. The summed E-state index contributed by atoms with van der Waals surface area (Å²) in [6.45, 7) is 3.83. The smallest absolute Gasteiger partial charge is 0.257 e. The highest BCUT2D eigenvalue weighted by Crippen LogP contribution is 2.32. The van der Waals surface area contributed by atoms with Crippen LogP contribution in [0.25, 0.3) is 0 Å². The van der Waals surface area contributed by atoms with E-state index < -0.39 is 0 Å². The van der Waals surface area contributed by atoms with Crippen molar-refractivity contribution in [3.05, 3.63) is 48.0 Å². The molecule has 2 aromatic rings. The van der Waals surface area contributed by atoms with Gasteiger partial charge in [-0.2, -0.15) is 0 Å². The topological polar surface area (TPSA) is 68.8 Å². The highest BCUT2D eigenvalue weighted by atomic mass is 32.1. The summed E-state index contributed by atoms with van der Waals surface area (Å²) < 4.78 is 16.6. The number of ether oxygens (including phenoxy) is 3. The van der Waals surface area contributed by atoms with Crippen molar-refractivity contribution in [1.82, 2.24) is 5.32 Å². The molecule has 2 N–H and O–H groups in total. The predicted molar refractivity (Wildman–Crippen MR) is 108 cm³/mol. The van der Waals surface area contributed by atoms with Crippen LogP contribution in [0.4, 0.5) is 5.69 Å². The molecule has 0 atom stereocenters. The summed E-state index contributed by atoms with van der Waals surface area (Å²) in [6, 6.07) is 12.4. The lowest BCUT2D eigenvalue weighted by molar-refractivity contribution is 0.0977. The first-order chi connectivity index (χ1) is 13.2. The van der Waals surface area contributed by atoms with Crippen LogP contribution >= 0.6 is 12.2 Å². The van der Waals surface area contributed by atoms with Gasteiger partial charge in [0.25, 0.3) is 5.91 Å². The number of nitrogens with one attached hydrogen (secondary N) is 2. The van der Waals surface area contributed by atoms with E-state index in [0.717, 1.165) is 18.6 Å². The van der Waals surface area contributed by atoms with E-state index in [1.165, 1.54) is 0 Å². The molecule has 1 aliphatic rings. The Morgan fingerprint density at radius 3 is 2.59 bits per heavy atom. The number of carbonyl (C=O) groups excluding carboxylic acids is 1. The molecule has 0 radical (unpaired) electrons. The molecule has 1 heterocycles. The van der Waals surface area contributed by atoms with Crippen LogP contribution in [-0.2, 0) is 0 Å². The fourth-order valence-corrected chi connectivity index (χ4v) is 2.71. The van der Waals surface area contributed by atoms with Crippen LogP contribution < -0.4 is 24.8 Å². The normalized spacial score (nSPS) is 12.2. The second kappa shape index (κ2) is 9.23. The molecule has 0 aliphatic carbocycles. The number of thiocarbonyl (C=S) groups is 1. The van der Waals surface area contributed by atoms with Gasteiger partial charge in [0.1, 0.15) is 19.0 Å². The standard InChI is InChI=1S/C20H22N2O4S/c1-2-3-10-24-16-7-4-14(5-8-16)19(23)22-20(27)21-15-6-9-17-18(13-15)26-12-11-25-17/h4-9,13H,2-3,10-12H2,1H3,(H2,21,22,23,27). The Kier molecular flexibility index (Phi) is 6.49. The van der Waals surface area contributed by atoms with E-state index >= 15 is 0 Å². The predicted octanol–water partition coefficient (Wildman–Crippen LogP) is 3.76.